The number of carbonyl (C=O) groups excluding carboxylic acids is 2. The Morgan fingerprint density at radius 3 is 2.43 bits per heavy atom. The van der Waals surface area contributed by atoms with Crippen LogP contribution in [-0.4, -0.2) is 30.1 Å². The summed E-state index contributed by atoms with van der Waals surface area (Å²) in [5.41, 5.74) is 0.163. The molecule has 124 valence electrons. The van der Waals surface area contributed by atoms with Gasteiger partial charge in [-0.25, -0.2) is 4.79 Å². The zero-order chi connectivity index (χ0) is 17.5. The lowest BCUT2D eigenvalue weighted by molar-refractivity contribution is -0.155. The Labute approximate surface area is 136 Å². The van der Waals surface area contributed by atoms with Crippen molar-refractivity contribution in [2.24, 2.45) is 0 Å². The highest BCUT2D eigenvalue weighted by molar-refractivity contribution is 5.82. The van der Waals surface area contributed by atoms with Gasteiger partial charge in [-0.1, -0.05) is 6.92 Å². The number of carbonyl (C=O) groups is 2. The van der Waals surface area contributed by atoms with E-state index in [1.54, 1.807) is 24.3 Å². The van der Waals surface area contributed by atoms with Gasteiger partial charge in [0.25, 0.3) is 5.91 Å². The standard InChI is InChI=1S/C17H22N2O4/c1-5-17(3,4)19-15(20)11-22-16(21)12(2)23-14-8-6-13(10-18)7-9-14/h6-9,12H,5,11H2,1-4H3,(H,19,20)/t12-/m0/s1. The normalized spacial score (nSPS) is 12.0. The van der Waals surface area contributed by atoms with E-state index in [-0.39, 0.29) is 18.1 Å². The predicted molar refractivity (Wildman–Crippen MR) is 84.7 cm³/mol. The van der Waals surface area contributed by atoms with Gasteiger partial charge in [0, 0.05) is 5.54 Å². The topological polar surface area (TPSA) is 88.4 Å². The summed E-state index contributed by atoms with van der Waals surface area (Å²) in [6.45, 7) is 6.93. The summed E-state index contributed by atoms with van der Waals surface area (Å²) in [6, 6.07) is 8.37. The van der Waals surface area contributed by atoms with Gasteiger partial charge in [0.05, 0.1) is 11.6 Å². The van der Waals surface area contributed by atoms with Crippen molar-refractivity contribution in [1.29, 1.82) is 5.26 Å². The van der Waals surface area contributed by atoms with Crippen molar-refractivity contribution in [3.05, 3.63) is 29.8 Å². The second-order valence-corrected chi connectivity index (χ2v) is 5.79. The lowest BCUT2D eigenvalue weighted by atomic mass is 10.0. The Balaban J connectivity index is 2.44. The third-order valence-corrected chi connectivity index (χ3v) is 3.34. The minimum Gasteiger partial charge on any atom is -0.479 e. The first kappa shape index (κ1) is 18.5. The van der Waals surface area contributed by atoms with E-state index in [2.05, 4.69) is 5.32 Å². The number of nitrogens with one attached hydrogen (secondary N) is 1. The van der Waals surface area contributed by atoms with Crippen LogP contribution < -0.4 is 10.1 Å². The van der Waals surface area contributed by atoms with Crippen LogP contribution in [0.1, 0.15) is 39.7 Å². The molecule has 1 N–H and O–H groups in total. The SMILES string of the molecule is CCC(C)(C)NC(=O)COC(=O)[C@H](C)Oc1ccc(C#N)cc1. The van der Waals surface area contributed by atoms with Gasteiger partial charge < -0.3 is 14.8 Å². The Morgan fingerprint density at radius 1 is 1.30 bits per heavy atom. The van der Waals surface area contributed by atoms with E-state index in [0.717, 1.165) is 6.42 Å². The van der Waals surface area contributed by atoms with Crippen LogP contribution in [0.3, 0.4) is 0 Å². The zero-order valence-corrected chi connectivity index (χ0v) is 13.9. The minimum absolute atomic E-state index is 0.339. The van der Waals surface area contributed by atoms with Gasteiger partial charge in [-0.3, -0.25) is 4.79 Å². The predicted octanol–water partition coefficient (Wildman–Crippen LogP) is 2.17. The molecule has 1 atom stereocenters. The van der Waals surface area contributed by atoms with Crippen molar-refractivity contribution in [2.75, 3.05) is 6.61 Å². The van der Waals surface area contributed by atoms with Crippen LogP contribution in [0.4, 0.5) is 0 Å². The molecule has 0 saturated carbocycles. The van der Waals surface area contributed by atoms with E-state index in [4.69, 9.17) is 14.7 Å². The van der Waals surface area contributed by atoms with Crippen molar-refractivity contribution < 1.29 is 19.1 Å². The molecule has 0 unspecified atom stereocenters. The average molecular weight is 318 g/mol. The second-order valence-electron chi connectivity index (χ2n) is 5.79. The molecule has 0 radical (unpaired) electrons. The van der Waals surface area contributed by atoms with Gasteiger partial charge in [-0.2, -0.15) is 5.26 Å². The molecular formula is C17H22N2O4. The minimum atomic E-state index is -0.852. The number of hydrogen-bond donors (Lipinski definition) is 1. The first-order chi connectivity index (χ1) is 10.8. The van der Waals surface area contributed by atoms with Crippen LogP contribution >= 0.6 is 0 Å². The van der Waals surface area contributed by atoms with E-state index < -0.39 is 12.1 Å². The number of hydrogen-bond acceptors (Lipinski definition) is 5. The molecule has 0 fully saturated rings. The molecule has 1 aromatic carbocycles. The quantitative estimate of drug-likeness (QED) is 0.778. The maximum Gasteiger partial charge on any atom is 0.347 e. The average Bonchev–Trinajstić information content (AvgIpc) is 2.52. The maximum atomic E-state index is 11.8. The Hall–Kier alpha value is -2.55. The van der Waals surface area contributed by atoms with E-state index >= 15 is 0 Å². The van der Waals surface area contributed by atoms with Crippen LogP contribution in [0.15, 0.2) is 24.3 Å². The summed E-state index contributed by atoms with van der Waals surface area (Å²) >= 11 is 0. The van der Waals surface area contributed by atoms with E-state index in [9.17, 15) is 9.59 Å². The highest BCUT2D eigenvalue weighted by Crippen LogP contribution is 2.14. The molecule has 0 saturated heterocycles. The van der Waals surface area contributed by atoms with Crippen LogP contribution in [0, 0.1) is 11.3 Å². The van der Waals surface area contributed by atoms with Crippen molar-refractivity contribution in [1.82, 2.24) is 5.32 Å². The molecule has 0 aliphatic carbocycles. The molecule has 1 rings (SSSR count). The summed E-state index contributed by atoms with van der Waals surface area (Å²) < 4.78 is 10.4. The van der Waals surface area contributed by atoms with Crippen molar-refractivity contribution in [2.45, 2.75) is 45.8 Å². The number of esters is 1. The van der Waals surface area contributed by atoms with Gasteiger partial charge in [0.2, 0.25) is 0 Å². The largest absolute Gasteiger partial charge is 0.479 e. The third-order valence-electron chi connectivity index (χ3n) is 3.34. The van der Waals surface area contributed by atoms with Gasteiger partial charge in [0.15, 0.2) is 12.7 Å². The number of nitrogens with zero attached hydrogens (tertiary/aromatic N) is 1. The number of nitriles is 1. The van der Waals surface area contributed by atoms with Gasteiger partial charge >= 0.3 is 5.97 Å². The van der Waals surface area contributed by atoms with Crippen LogP contribution in [-0.2, 0) is 14.3 Å². The summed E-state index contributed by atoms with van der Waals surface area (Å²) in [6.07, 6.45) is -0.0832. The molecule has 6 nitrogen and oxygen atoms in total. The molecule has 0 aromatic heterocycles. The highest BCUT2D eigenvalue weighted by atomic mass is 16.6. The molecule has 6 heteroatoms. The summed E-state index contributed by atoms with van der Waals surface area (Å²) in [7, 11) is 0. The molecule has 1 aromatic rings. The Bertz CT molecular complexity index is 588. The van der Waals surface area contributed by atoms with Crippen molar-refractivity contribution >= 4 is 11.9 Å². The number of benzene rings is 1. The maximum absolute atomic E-state index is 11.8. The number of ether oxygens (including phenoxy) is 2. The monoisotopic (exact) mass is 318 g/mol. The fraction of sp³-hybridized carbons (Fsp3) is 0.471. The summed E-state index contributed by atoms with van der Waals surface area (Å²) in [5, 5.41) is 11.5. The lowest BCUT2D eigenvalue weighted by Crippen LogP contribution is -2.45. The number of amides is 1. The molecule has 0 bridgehead atoms. The second kappa shape index (κ2) is 8.18. The molecule has 1 amide bonds. The fourth-order valence-corrected chi connectivity index (χ4v) is 1.62. The Kier molecular flexibility index (Phi) is 6.58. The van der Waals surface area contributed by atoms with E-state index in [1.165, 1.54) is 6.92 Å². The molecule has 0 aliphatic heterocycles. The summed E-state index contributed by atoms with van der Waals surface area (Å²) in [4.78, 5) is 23.5. The zero-order valence-electron chi connectivity index (χ0n) is 13.9. The molecule has 0 aliphatic rings. The van der Waals surface area contributed by atoms with E-state index in [1.807, 2.05) is 26.8 Å². The smallest absolute Gasteiger partial charge is 0.347 e. The third kappa shape index (κ3) is 6.39. The highest BCUT2D eigenvalue weighted by Gasteiger charge is 2.21. The molecular weight excluding hydrogens is 296 g/mol. The lowest BCUT2D eigenvalue weighted by Gasteiger charge is -2.24. The van der Waals surface area contributed by atoms with E-state index in [0.29, 0.717) is 11.3 Å². The van der Waals surface area contributed by atoms with Crippen molar-refractivity contribution in [3.63, 3.8) is 0 Å². The number of rotatable bonds is 7. The summed E-state index contributed by atoms with van der Waals surface area (Å²) in [5.74, 6) is -0.528. The Morgan fingerprint density at radius 2 is 1.91 bits per heavy atom. The fourth-order valence-electron chi connectivity index (χ4n) is 1.62. The molecule has 0 spiro atoms. The van der Waals surface area contributed by atoms with Crippen LogP contribution in [0.5, 0.6) is 5.75 Å². The molecule has 0 heterocycles. The molecule has 23 heavy (non-hydrogen) atoms. The first-order valence-electron chi connectivity index (χ1n) is 7.42. The van der Waals surface area contributed by atoms with Crippen LogP contribution in [0.2, 0.25) is 0 Å². The van der Waals surface area contributed by atoms with Gasteiger partial charge in [-0.05, 0) is 51.5 Å². The van der Waals surface area contributed by atoms with Gasteiger partial charge in [-0.15, -0.1) is 0 Å². The van der Waals surface area contributed by atoms with Crippen LogP contribution in [0.25, 0.3) is 0 Å². The van der Waals surface area contributed by atoms with Crippen molar-refractivity contribution in [3.8, 4) is 11.8 Å². The van der Waals surface area contributed by atoms with Gasteiger partial charge in [0.1, 0.15) is 5.75 Å². The first-order valence-corrected chi connectivity index (χ1v) is 7.42.